The average molecular weight is 353 g/mol. The molecular weight excluding hydrogens is 330 g/mol. The molecular formula is C20H23N3OS. The largest absolute Gasteiger partial charge is 0.378 e. The van der Waals surface area contributed by atoms with Gasteiger partial charge in [-0.3, -0.25) is 0 Å². The number of hydrogen-bond acceptors (Lipinski definition) is 5. The number of aromatic nitrogens is 2. The molecule has 0 spiro atoms. The van der Waals surface area contributed by atoms with E-state index in [1.165, 1.54) is 21.4 Å². The van der Waals surface area contributed by atoms with Gasteiger partial charge in [0.2, 0.25) is 0 Å². The van der Waals surface area contributed by atoms with Gasteiger partial charge in [0.1, 0.15) is 16.5 Å². The summed E-state index contributed by atoms with van der Waals surface area (Å²) in [5.74, 6) is 2.04. The Labute approximate surface area is 152 Å². The Bertz CT molecular complexity index is 870. The minimum absolute atomic E-state index is 0.771. The lowest BCUT2D eigenvalue weighted by atomic mass is 10.1. The second kappa shape index (κ2) is 7.10. The predicted molar refractivity (Wildman–Crippen MR) is 104 cm³/mol. The summed E-state index contributed by atoms with van der Waals surface area (Å²) < 4.78 is 5.52. The molecule has 1 fully saturated rings. The van der Waals surface area contributed by atoms with Crippen LogP contribution in [0.2, 0.25) is 0 Å². The molecule has 1 aliphatic rings. The summed E-state index contributed by atoms with van der Waals surface area (Å²) in [6.45, 7) is 7.71. The van der Waals surface area contributed by atoms with Crippen molar-refractivity contribution in [1.82, 2.24) is 9.97 Å². The smallest absolute Gasteiger partial charge is 0.141 e. The van der Waals surface area contributed by atoms with Crippen molar-refractivity contribution in [2.75, 3.05) is 31.2 Å². The number of benzene rings is 1. The van der Waals surface area contributed by atoms with Crippen molar-refractivity contribution >= 4 is 27.4 Å². The normalized spacial score (nSPS) is 15.0. The van der Waals surface area contributed by atoms with E-state index in [0.717, 1.165) is 55.6 Å². The van der Waals surface area contributed by atoms with Gasteiger partial charge in [0.15, 0.2) is 0 Å². The van der Waals surface area contributed by atoms with Gasteiger partial charge in [-0.25, -0.2) is 9.97 Å². The minimum Gasteiger partial charge on any atom is -0.378 e. The summed E-state index contributed by atoms with van der Waals surface area (Å²) in [6.07, 6.45) is 1.84. The number of hydrogen-bond donors (Lipinski definition) is 0. The molecule has 0 N–H and O–H groups in total. The summed E-state index contributed by atoms with van der Waals surface area (Å²) >= 11 is 1.78. The van der Waals surface area contributed by atoms with Gasteiger partial charge < -0.3 is 9.64 Å². The van der Waals surface area contributed by atoms with Crippen molar-refractivity contribution in [3.63, 3.8) is 0 Å². The van der Waals surface area contributed by atoms with Crippen LogP contribution in [0.3, 0.4) is 0 Å². The molecule has 1 aliphatic heterocycles. The van der Waals surface area contributed by atoms with Crippen molar-refractivity contribution in [2.45, 2.75) is 26.7 Å². The fourth-order valence-corrected chi connectivity index (χ4v) is 4.33. The predicted octanol–water partition coefficient (Wildman–Crippen LogP) is 3.93. The lowest BCUT2D eigenvalue weighted by molar-refractivity contribution is 0.122. The van der Waals surface area contributed by atoms with E-state index in [1.807, 2.05) is 0 Å². The molecule has 0 unspecified atom stereocenters. The molecule has 1 aromatic carbocycles. The zero-order valence-electron chi connectivity index (χ0n) is 14.8. The van der Waals surface area contributed by atoms with Gasteiger partial charge in [0.25, 0.3) is 0 Å². The topological polar surface area (TPSA) is 38.2 Å². The highest BCUT2D eigenvalue weighted by atomic mass is 32.1. The van der Waals surface area contributed by atoms with Crippen LogP contribution in [-0.2, 0) is 17.6 Å². The molecule has 4 rings (SSSR count). The molecule has 25 heavy (non-hydrogen) atoms. The van der Waals surface area contributed by atoms with Crippen LogP contribution in [0.5, 0.6) is 0 Å². The van der Waals surface area contributed by atoms with E-state index >= 15 is 0 Å². The third kappa shape index (κ3) is 3.39. The second-order valence-corrected chi connectivity index (χ2v) is 7.72. The van der Waals surface area contributed by atoms with Crippen molar-refractivity contribution in [1.29, 1.82) is 0 Å². The summed E-state index contributed by atoms with van der Waals surface area (Å²) in [5.41, 5.74) is 2.65. The molecule has 130 valence electrons. The highest BCUT2D eigenvalue weighted by Gasteiger charge is 2.20. The molecule has 0 bridgehead atoms. The Balaban J connectivity index is 1.70. The first-order valence-electron chi connectivity index (χ1n) is 8.85. The van der Waals surface area contributed by atoms with Crippen LogP contribution in [-0.4, -0.2) is 36.3 Å². The van der Waals surface area contributed by atoms with Crippen LogP contribution in [0.4, 0.5) is 5.82 Å². The first-order chi connectivity index (χ1) is 12.2. The van der Waals surface area contributed by atoms with Gasteiger partial charge in [-0.05, 0) is 31.4 Å². The van der Waals surface area contributed by atoms with Gasteiger partial charge in [-0.1, -0.05) is 30.3 Å². The van der Waals surface area contributed by atoms with Crippen LogP contribution < -0.4 is 4.90 Å². The summed E-state index contributed by atoms with van der Waals surface area (Å²) in [5, 5.41) is 1.23. The molecule has 0 atom stereocenters. The molecule has 0 aliphatic carbocycles. The SMILES string of the molecule is Cc1sc2nc(CCc3ccccc3)nc(N3CCOCC3)c2c1C. The lowest BCUT2D eigenvalue weighted by Gasteiger charge is -2.28. The van der Waals surface area contributed by atoms with Crippen LogP contribution in [0.25, 0.3) is 10.2 Å². The Hall–Kier alpha value is -1.98. The van der Waals surface area contributed by atoms with E-state index in [4.69, 9.17) is 14.7 Å². The number of thiophene rings is 1. The van der Waals surface area contributed by atoms with Gasteiger partial charge in [0, 0.05) is 24.4 Å². The maximum atomic E-state index is 5.52. The average Bonchev–Trinajstić information content (AvgIpc) is 2.95. The third-order valence-electron chi connectivity index (χ3n) is 4.85. The number of aryl methyl sites for hydroxylation is 4. The van der Waals surface area contributed by atoms with E-state index in [-0.39, 0.29) is 0 Å². The lowest BCUT2D eigenvalue weighted by Crippen LogP contribution is -2.37. The molecule has 0 amide bonds. The Morgan fingerprint density at radius 1 is 1.04 bits per heavy atom. The standard InChI is InChI=1S/C20H23N3OS/c1-14-15(2)25-20-18(14)19(23-10-12-24-13-11-23)21-17(22-20)9-8-16-6-4-3-5-7-16/h3-7H,8-13H2,1-2H3. The monoisotopic (exact) mass is 353 g/mol. The first-order valence-corrected chi connectivity index (χ1v) is 9.67. The van der Waals surface area contributed by atoms with E-state index in [2.05, 4.69) is 49.1 Å². The van der Waals surface area contributed by atoms with E-state index in [0.29, 0.717) is 0 Å². The third-order valence-corrected chi connectivity index (χ3v) is 5.95. The Morgan fingerprint density at radius 3 is 2.56 bits per heavy atom. The number of anilines is 1. The molecule has 1 saturated heterocycles. The Kier molecular flexibility index (Phi) is 4.68. The maximum Gasteiger partial charge on any atom is 0.141 e. The number of nitrogens with zero attached hydrogens (tertiary/aromatic N) is 3. The van der Waals surface area contributed by atoms with E-state index < -0.39 is 0 Å². The van der Waals surface area contributed by atoms with E-state index in [9.17, 15) is 0 Å². The fraction of sp³-hybridized carbons (Fsp3) is 0.400. The fourth-order valence-electron chi connectivity index (χ4n) is 3.29. The minimum atomic E-state index is 0.771. The van der Waals surface area contributed by atoms with Crippen molar-refractivity contribution in [3.05, 3.63) is 52.2 Å². The molecule has 5 heteroatoms. The summed E-state index contributed by atoms with van der Waals surface area (Å²) in [7, 11) is 0. The maximum absolute atomic E-state index is 5.52. The van der Waals surface area contributed by atoms with Gasteiger partial charge in [0.05, 0.1) is 18.6 Å². The highest BCUT2D eigenvalue weighted by Crippen LogP contribution is 2.35. The quantitative estimate of drug-likeness (QED) is 0.712. The van der Waals surface area contributed by atoms with Crippen LogP contribution in [0.15, 0.2) is 30.3 Å². The van der Waals surface area contributed by atoms with Crippen molar-refractivity contribution < 1.29 is 4.74 Å². The number of ether oxygens (including phenoxy) is 1. The molecule has 0 radical (unpaired) electrons. The molecule has 2 aromatic heterocycles. The summed E-state index contributed by atoms with van der Waals surface area (Å²) in [6, 6.07) is 10.6. The molecule has 4 nitrogen and oxygen atoms in total. The van der Waals surface area contributed by atoms with Gasteiger partial charge in [-0.15, -0.1) is 11.3 Å². The van der Waals surface area contributed by atoms with E-state index in [1.54, 1.807) is 11.3 Å². The van der Waals surface area contributed by atoms with Crippen LogP contribution in [0.1, 0.15) is 21.8 Å². The summed E-state index contributed by atoms with van der Waals surface area (Å²) in [4.78, 5) is 14.7. The molecule has 3 heterocycles. The van der Waals surface area contributed by atoms with Crippen molar-refractivity contribution in [3.8, 4) is 0 Å². The number of fused-ring (bicyclic) bond motifs is 1. The molecule has 3 aromatic rings. The van der Waals surface area contributed by atoms with Crippen LogP contribution >= 0.6 is 11.3 Å². The zero-order valence-corrected chi connectivity index (χ0v) is 15.6. The number of rotatable bonds is 4. The van der Waals surface area contributed by atoms with Crippen LogP contribution in [0, 0.1) is 13.8 Å². The molecule has 0 saturated carbocycles. The Morgan fingerprint density at radius 2 is 1.80 bits per heavy atom. The van der Waals surface area contributed by atoms with Gasteiger partial charge in [-0.2, -0.15) is 0 Å². The van der Waals surface area contributed by atoms with Crippen molar-refractivity contribution in [2.24, 2.45) is 0 Å². The highest BCUT2D eigenvalue weighted by molar-refractivity contribution is 7.18. The van der Waals surface area contributed by atoms with Gasteiger partial charge >= 0.3 is 0 Å². The number of morpholine rings is 1. The first kappa shape index (κ1) is 16.5. The zero-order chi connectivity index (χ0) is 17.2. The second-order valence-electron chi connectivity index (χ2n) is 6.51.